The normalized spacial score (nSPS) is 18.5. The maximum Gasteiger partial charge on any atom is 0.221 e. The zero-order valence-corrected chi connectivity index (χ0v) is 13.4. The Balaban J connectivity index is 1.54. The van der Waals surface area contributed by atoms with Gasteiger partial charge in [0.05, 0.1) is 18.9 Å². The number of hydrogen-bond donors (Lipinski definition) is 1. The third kappa shape index (κ3) is 1.91. The SMILES string of the molecule is COc1ncccc1-c1cnn2ccc(N3CC4(CNC4)C3)nc12. The summed E-state index contributed by atoms with van der Waals surface area (Å²) in [6.45, 7) is 4.39. The van der Waals surface area contributed by atoms with Crippen LogP contribution in [0.3, 0.4) is 0 Å². The van der Waals surface area contributed by atoms with E-state index >= 15 is 0 Å². The molecule has 1 spiro atoms. The summed E-state index contributed by atoms with van der Waals surface area (Å²) in [6, 6.07) is 5.91. The Morgan fingerprint density at radius 3 is 2.83 bits per heavy atom. The van der Waals surface area contributed by atoms with Gasteiger partial charge in [0.1, 0.15) is 5.82 Å². The maximum atomic E-state index is 5.38. The maximum absolute atomic E-state index is 5.38. The van der Waals surface area contributed by atoms with Gasteiger partial charge in [-0.15, -0.1) is 0 Å². The number of anilines is 1. The third-order valence-corrected chi connectivity index (χ3v) is 4.99. The predicted molar refractivity (Wildman–Crippen MR) is 90.3 cm³/mol. The minimum Gasteiger partial charge on any atom is -0.481 e. The lowest BCUT2D eigenvalue weighted by Gasteiger charge is -2.56. The van der Waals surface area contributed by atoms with Crippen molar-refractivity contribution in [3.05, 3.63) is 36.8 Å². The van der Waals surface area contributed by atoms with Gasteiger partial charge in [-0.3, -0.25) is 0 Å². The monoisotopic (exact) mass is 322 g/mol. The van der Waals surface area contributed by atoms with Crippen LogP contribution in [0, 0.1) is 5.41 Å². The molecule has 7 heteroatoms. The highest BCUT2D eigenvalue weighted by Crippen LogP contribution is 2.37. The number of nitrogens with one attached hydrogen (secondary N) is 1. The first-order chi connectivity index (χ1) is 11.8. The molecule has 7 nitrogen and oxygen atoms in total. The molecule has 122 valence electrons. The first-order valence-corrected chi connectivity index (χ1v) is 8.07. The van der Waals surface area contributed by atoms with Crippen molar-refractivity contribution in [2.24, 2.45) is 5.41 Å². The molecule has 1 N–H and O–H groups in total. The van der Waals surface area contributed by atoms with Crippen molar-refractivity contribution >= 4 is 11.5 Å². The lowest BCUT2D eigenvalue weighted by molar-refractivity contribution is 0.120. The van der Waals surface area contributed by atoms with E-state index in [9.17, 15) is 0 Å². The van der Waals surface area contributed by atoms with Crippen LogP contribution >= 0.6 is 0 Å². The van der Waals surface area contributed by atoms with E-state index < -0.39 is 0 Å². The number of nitrogens with zero attached hydrogens (tertiary/aromatic N) is 5. The van der Waals surface area contributed by atoms with Gasteiger partial charge in [0.2, 0.25) is 5.88 Å². The Morgan fingerprint density at radius 2 is 2.08 bits per heavy atom. The minimum atomic E-state index is 0.476. The lowest BCUT2D eigenvalue weighted by atomic mass is 9.74. The molecule has 2 fully saturated rings. The molecule has 0 atom stereocenters. The third-order valence-electron chi connectivity index (χ3n) is 4.99. The summed E-state index contributed by atoms with van der Waals surface area (Å²) in [5.41, 5.74) is 3.14. The molecule has 3 aromatic rings. The zero-order valence-electron chi connectivity index (χ0n) is 13.4. The van der Waals surface area contributed by atoms with Crippen molar-refractivity contribution in [1.29, 1.82) is 0 Å². The highest BCUT2D eigenvalue weighted by Gasteiger charge is 2.47. The van der Waals surface area contributed by atoms with Crippen molar-refractivity contribution in [2.45, 2.75) is 0 Å². The zero-order chi connectivity index (χ0) is 16.1. The van der Waals surface area contributed by atoms with Gasteiger partial charge in [-0.25, -0.2) is 14.5 Å². The number of pyridine rings is 1. The summed E-state index contributed by atoms with van der Waals surface area (Å²) in [5, 5.41) is 7.78. The van der Waals surface area contributed by atoms with Crippen molar-refractivity contribution in [1.82, 2.24) is 24.9 Å². The number of ether oxygens (including phenoxy) is 1. The smallest absolute Gasteiger partial charge is 0.221 e. The molecule has 0 radical (unpaired) electrons. The molecule has 0 aliphatic carbocycles. The van der Waals surface area contributed by atoms with E-state index in [0.717, 1.165) is 48.8 Å². The summed E-state index contributed by atoms with van der Waals surface area (Å²) in [4.78, 5) is 11.5. The van der Waals surface area contributed by atoms with Crippen LogP contribution in [0.5, 0.6) is 5.88 Å². The Hall–Kier alpha value is -2.67. The highest BCUT2D eigenvalue weighted by atomic mass is 16.5. The molecule has 0 saturated carbocycles. The Kier molecular flexibility index (Phi) is 2.81. The average Bonchev–Trinajstić information content (AvgIpc) is 2.95. The first kappa shape index (κ1) is 13.7. The van der Waals surface area contributed by atoms with Gasteiger partial charge in [-0.05, 0) is 18.2 Å². The fraction of sp³-hybridized carbons (Fsp3) is 0.353. The molecule has 24 heavy (non-hydrogen) atoms. The predicted octanol–water partition coefficient (Wildman–Crippen LogP) is 1.21. The van der Waals surface area contributed by atoms with Crippen molar-refractivity contribution in [3.63, 3.8) is 0 Å². The van der Waals surface area contributed by atoms with Gasteiger partial charge in [-0.2, -0.15) is 5.10 Å². The second kappa shape index (κ2) is 4.91. The van der Waals surface area contributed by atoms with E-state index in [0.29, 0.717) is 11.3 Å². The van der Waals surface area contributed by atoms with E-state index in [2.05, 4.69) is 20.3 Å². The Bertz CT molecular complexity index is 908. The topological polar surface area (TPSA) is 67.6 Å². The Labute approximate surface area is 139 Å². The van der Waals surface area contributed by atoms with Crippen molar-refractivity contribution in [2.75, 3.05) is 38.2 Å². The van der Waals surface area contributed by atoms with Crippen molar-refractivity contribution < 1.29 is 4.74 Å². The van der Waals surface area contributed by atoms with Crippen LogP contribution in [-0.4, -0.2) is 52.9 Å². The summed E-state index contributed by atoms with van der Waals surface area (Å²) >= 11 is 0. The molecule has 2 aliphatic heterocycles. The van der Waals surface area contributed by atoms with E-state index in [1.165, 1.54) is 0 Å². The molecule has 0 aromatic carbocycles. The number of fused-ring (bicyclic) bond motifs is 1. The van der Waals surface area contributed by atoms with Crippen LogP contribution in [0.4, 0.5) is 5.82 Å². The fourth-order valence-electron chi connectivity index (χ4n) is 3.61. The molecule has 5 rings (SSSR count). The van der Waals surface area contributed by atoms with Crippen LogP contribution in [0.25, 0.3) is 16.8 Å². The van der Waals surface area contributed by atoms with Crippen LogP contribution in [0.2, 0.25) is 0 Å². The second-order valence-electron chi connectivity index (χ2n) is 6.63. The number of rotatable bonds is 3. The molecule has 3 aromatic heterocycles. The largest absolute Gasteiger partial charge is 0.481 e. The van der Waals surface area contributed by atoms with Crippen molar-refractivity contribution in [3.8, 4) is 17.0 Å². The van der Waals surface area contributed by atoms with Gasteiger partial charge in [0, 0.05) is 49.6 Å². The van der Waals surface area contributed by atoms with E-state index in [-0.39, 0.29) is 0 Å². The molecular weight excluding hydrogens is 304 g/mol. The summed E-state index contributed by atoms with van der Waals surface area (Å²) in [5.74, 6) is 1.59. The minimum absolute atomic E-state index is 0.476. The lowest BCUT2D eigenvalue weighted by Crippen LogP contribution is -2.71. The van der Waals surface area contributed by atoms with Gasteiger partial charge < -0.3 is 15.0 Å². The molecular formula is C17H18N6O. The van der Waals surface area contributed by atoms with Gasteiger partial charge in [-0.1, -0.05) is 0 Å². The summed E-state index contributed by atoms with van der Waals surface area (Å²) < 4.78 is 7.18. The quantitative estimate of drug-likeness (QED) is 0.782. The summed E-state index contributed by atoms with van der Waals surface area (Å²) in [6.07, 6.45) is 5.51. The van der Waals surface area contributed by atoms with E-state index in [1.807, 2.05) is 30.6 Å². The van der Waals surface area contributed by atoms with E-state index in [1.54, 1.807) is 17.8 Å². The van der Waals surface area contributed by atoms with Crippen LogP contribution < -0.4 is 15.0 Å². The molecule has 2 aliphatic rings. The van der Waals surface area contributed by atoms with E-state index in [4.69, 9.17) is 9.72 Å². The van der Waals surface area contributed by atoms with Gasteiger partial charge >= 0.3 is 0 Å². The Morgan fingerprint density at radius 1 is 1.21 bits per heavy atom. The van der Waals surface area contributed by atoms with Crippen LogP contribution in [0.1, 0.15) is 0 Å². The first-order valence-electron chi connectivity index (χ1n) is 8.07. The standard InChI is InChI=1S/C17H18N6O/c1-24-16-12(3-2-5-19-16)13-7-20-23-6-4-14(21-15(13)23)22-10-17(11-22)8-18-9-17/h2-7,18H,8-11H2,1H3. The average molecular weight is 322 g/mol. The molecule has 2 saturated heterocycles. The number of hydrogen-bond acceptors (Lipinski definition) is 6. The van der Waals surface area contributed by atoms with Crippen LogP contribution in [-0.2, 0) is 0 Å². The van der Waals surface area contributed by atoms with Gasteiger partial charge in [0.15, 0.2) is 5.65 Å². The van der Waals surface area contributed by atoms with Gasteiger partial charge in [0.25, 0.3) is 0 Å². The molecule has 0 unspecified atom stereocenters. The summed E-state index contributed by atoms with van der Waals surface area (Å²) in [7, 11) is 1.63. The number of methoxy groups -OCH3 is 1. The second-order valence-corrected chi connectivity index (χ2v) is 6.63. The highest BCUT2D eigenvalue weighted by molar-refractivity contribution is 5.80. The fourth-order valence-corrected chi connectivity index (χ4v) is 3.61. The number of aromatic nitrogens is 4. The molecule has 0 amide bonds. The molecule has 5 heterocycles. The van der Waals surface area contributed by atoms with Crippen LogP contribution in [0.15, 0.2) is 36.8 Å². The molecule has 0 bridgehead atoms.